The van der Waals surface area contributed by atoms with Crippen LogP contribution in [0.1, 0.15) is 34.6 Å². The van der Waals surface area contributed by atoms with Crippen molar-refractivity contribution >= 4 is 6.72 Å². The summed E-state index contributed by atoms with van der Waals surface area (Å²) in [5, 5.41) is 2.04. The van der Waals surface area contributed by atoms with Gasteiger partial charge in [-0.05, 0) is 33.6 Å². The molecule has 0 spiro atoms. The minimum Gasteiger partial charge on any atom is -0.315 e. The van der Waals surface area contributed by atoms with Gasteiger partial charge in [-0.15, -0.1) is 0 Å². The van der Waals surface area contributed by atoms with Crippen LogP contribution in [0.5, 0.6) is 0 Å². The molecule has 0 radical (unpaired) electrons. The number of aliphatic imine (C=N–C) groups is 1. The summed E-state index contributed by atoms with van der Waals surface area (Å²) in [6.07, 6.45) is 2.10. The normalized spacial score (nSPS) is 10.6. The van der Waals surface area contributed by atoms with E-state index in [0.29, 0.717) is 0 Å². The van der Waals surface area contributed by atoms with Gasteiger partial charge >= 0.3 is 0 Å². The first kappa shape index (κ1) is 14.6. The fourth-order valence-corrected chi connectivity index (χ4v) is 0.799. The van der Waals surface area contributed by atoms with E-state index in [1.165, 1.54) is 5.57 Å². The van der Waals surface area contributed by atoms with Gasteiger partial charge in [0.15, 0.2) is 5.70 Å². The molecule has 0 aliphatic rings. The summed E-state index contributed by atoms with van der Waals surface area (Å²) in [5.74, 6) is 0. The Morgan fingerprint density at radius 2 is 1.69 bits per heavy atom. The van der Waals surface area contributed by atoms with E-state index in [2.05, 4.69) is 31.6 Å². The highest BCUT2D eigenvalue weighted by Crippen LogP contribution is 2.01. The van der Waals surface area contributed by atoms with Crippen LogP contribution in [0.3, 0.4) is 0 Å². The molecule has 0 fully saturated rings. The number of rotatable bonds is 3. The fraction of sp³-hybridized carbons (Fsp3) is 0.545. The molecule has 2 nitrogen and oxygen atoms in total. The minimum absolute atomic E-state index is 0.980. The van der Waals surface area contributed by atoms with Gasteiger partial charge in [0.05, 0.1) is 12.7 Å². The van der Waals surface area contributed by atoms with Crippen molar-refractivity contribution in [2.75, 3.05) is 7.05 Å². The van der Waals surface area contributed by atoms with Gasteiger partial charge in [0, 0.05) is 0 Å². The van der Waals surface area contributed by atoms with Crippen LogP contribution in [-0.4, -0.2) is 13.8 Å². The van der Waals surface area contributed by atoms with E-state index in [9.17, 15) is 0 Å². The van der Waals surface area contributed by atoms with Crippen molar-refractivity contribution in [3.63, 3.8) is 0 Å². The number of likely N-dealkylation sites (N-methyl/N-ethyl adjacent to an activating group) is 1. The highest BCUT2D eigenvalue weighted by atomic mass is 14.9. The van der Waals surface area contributed by atoms with Crippen LogP contribution in [0, 0.1) is 0 Å². The van der Waals surface area contributed by atoms with Crippen LogP contribution in [0.25, 0.3) is 0 Å². The zero-order chi connectivity index (χ0) is 10.9. The van der Waals surface area contributed by atoms with Crippen molar-refractivity contribution in [3.8, 4) is 0 Å². The second-order valence-corrected chi connectivity index (χ2v) is 2.71. The molecule has 0 heterocycles. The molecule has 2 N–H and O–H groups in total. The van der Waals surface area contributed by atoms with E-state index >= 15 is 0 Å². The number of hydrogen-bond donors (Lipinski definition) is 1. The largest absolute Gasteiger partial charge is 0.315 e. The molecular weight excluding hydrogens is 160 g/mol. The first-order valence-corrected chi connectivity index (χ1v) is 4.73. The Hall–Kier alpha value is -0.890. The number of allylic oxidation sites excluding steroid dienone is 3. The molecule has 0 saturated carbocycles. The Bertz CT molecular complexity index is 196. The van der Waals surface area contributed by atoms with Crippen molar-refractivity contribution in [2.24, 2.45) is 4.99 Å². The molecule has 2 heteroatoms. The summed E-state index contributed by atoms with van der Waals surface area (Å²) in [5.41, 5.74) is 3.41. The van der Waals surface area contributed by atoms with Gasteiger partial charge in [0.1, 0.15) is 0 Å². The Morgan fingerprint density at radius 1 is 1.23 bits per heavy atom. The Balaban J connectivity index is 0. The number of quaternary nitrogens is 1. The van der Waals surface area contributed by atoms with Gasteiger partial charge in [-0.2, -0.15) is 0 Å². The van der Waals surface area contributed by atoms with Crippen molar-refractivity contribution in [2.45, 2.75) is 34.6 Å². The predicted molar refractivity (Wildman–Crippen MR) is 60.9 cm³/mol. The quantitative estimate of drug-likeness (QED) is 0.513. The van der Waals surface area contributed by atoms with E-state index in [0.717, 1.165) is 11.4 Å². The third-order valence-electron chi connectivity index (χ3n) is 1.41. The van der Waals surface area contributed by atoms with Crippen LogP contribution in [0.2, 0.25) is 0 Å². The molecule has 0 amide bonds. The van der Waals surface area contributed by atoms with Crippen LogP contribution in [0.15, 0.2) is 28.0 Å². The van der Waals surface area contributed by atoms with Crippen LogP contribution in [0.4, 0.5) is 0 Å². The molecule has 0 bridgehead atoms. The third kappa shape index (κ3) is 7.47. The lowest BCUT2D eigenvalue weighted by atomic mass is 10.2. The monoisotopic (exact) mass is 183 g/mol. The summed E-state index contributed by atoms with van der Waals surface area (Å²) >= 11 is 0. The van der Waals surface area contributed by atoms with E-state index in [-0.39, 0.29) is 0 Å². The number of nitrogens with zero attached hydrogens (tertiary/aromatic N) is 1. The molecule has 0 aromatic rings. The maximum absolute atomic E-state index is 3.87. The zero-order valence-electron chi connectivity index (χ0n) is 9.81. The van der Waals surface area contributed by atoms with Gasteiger partial charge < -0.3 is 5.32 Å². The fourth-order valence-electron chi connectivity index (χ4n) is 0.799. The summed E-state index contributed by atoms with van der Waals surface area (Å²) in [6.45, 7) is 13.6. The molecule has 0 aromatic carbocycles. The summed E-state index contributed by atoms with van der Waals surface area (Å²) < 4.78 is 0. The molecule has 0 aliphatic carbocycles. The summed E-state index contributed by atoms with van der Waals surface area (Å²) in [7, 11) is 2.00. The maximum atomic E-state index is 3.87. The molecule has 0 atom stereocenters. The maximum Gasteiger partial charge on any atom is 0.150 e. The molecule has 13 heavy (non-hydrogen) atoms. The van der Waals surface area contributed by atoms with Crippen molar-refractivity contribution in [3.05, 3.63) is 23.0 Å². The second kappa shape index (κ2) is 9.20. The molecule has 0 saturated heterocycles. The summed E-state index contributed by atoms with van der Waals surface area (Å²) in [4.78, 5) is 3.87. The zero-order valence-corrected chi connectivity index (χ0v) is 9.81. The number of nitrogens with two attached hydrogens (primary N) is 1. The van der Waals surface area contributed by atoms with Crippen molar-refractivity contribution in [1.82, 2.24) is 0 Å². The lowest BCUT2D eigenvalue weighted by Gasteiger charge is -1.98. The van der Waals surface area contributed by atoms with Gasteiger partial charge in [0.25, 0.3) is 0 Å². The Labute approximate surface area is 82.5 Å². The second-order valence-electron chi connectivity index (χ2n) is 2.71. The SMILES string of the molecule is C=N/C(C)=C(\C=C(C)C)[NH2+]C.CC. The molecule has 0 aliphatic heterocycles. The highest BCUT2D eigenvalue weighted by Gasteiger charge is 1.97. The third-order valence-corrected chi connectivity index (χ3v) is 1.41. The van der Waals surface area contributed by atoms with Crippen LogP contribution in [-0.2, 0) is 0 Å². The predicted octanol–water partition coefficient (Wildman–Crippen LogP) is 2.10. The minimum atomic E-state index is 0.980. The lowest BCUT2D eigenvalue weighted by Crippen LogP contribution is -2.77. The van der Waals surface area contributed by atoms with Crippen molar-refractivity contribution < 1.29 is 5.32 Å². The lowest BCUT2D eigenvalue weighted by molar-refractivity contribution is -0.572. The molecular formula is C11H23N2+. The van der Waals surface area contributed by atoms with E-state index < -0.39 is 0 Å². The van der Waals surface area contributed by atoms with Gasteiger partial charge in [0.2, 0.25) is 0 Å². The van der Waals surface area contributed by atoms with Gasteiger partial charge in [-0.1, -0.05) is 19.4 Å². The molecule has 0 aromatic heterocycles. The van der Waals surface area contributed by atoms with Gasteiger partial charge in [-0.25, -0.2) is 0 Å². The van der Waals surface area contributed by atoms with Gasteiger partial charge in [-0.3, -0.25) is 4.99 Å². The number of hydrogen-bond acceptors (Lipinski definition) is 1. The Morgan fingerprint density at radius 3 is 1.92 bits per heavy atom. The smallest absolute Gasteiger partial charge is 0.150 e. The Kier molecular flexibility index (Phi) is 10.3. The molecule has 0 unspecified atom stereocenters. The van der Waals surface area contributed by atoms with E-state index in [4.69, 9.17) is 0 Å². The van der Waals surface area contributed by atoms with E-state index in [1.807, 2.05) is 33.1 Å². The highest BCUT2D eigenvalue weighted by molar-refractivity contribution is 5.31. The topological polar surface area (TPSA) is 29.0 Å². The molecule has 0 rings (SSSR count). The van der Waals surface area contributed by atoms with E-state index in [1.54, 1.807) is 0 Å². The van der Waals surface area contributed by atoms with Crippen LogP contribution < -0.4 is 5.32 Å². The average molecular weight is 183 g/mol. The standard InChI is InChI=1S/C9H16N2.C2H6/c1-7(2)6-9(11-5)8(3)10-4;1-2/h6,11H,4H2,1-3,5H3;1-2H3/p+1/b9-8+;. The van der Waals surface area contributed by atoms with Crippen molar-refractivity contribution in [1.29, 1.82) is 0 Å². The molecule has 76 valence electrons. The first-order chi connectivity index (χ1) is 6.11. The van der Waals surface area contributed by atoms with Crippen LogP contribution >= 0.6 is 0 Å². The average Bonchev–Trinajstić information content (AvgIpc) is 2.16. The first-order valence-electron chi connectivity index (χ1n) is 4.73. The summed E-state index contributed by atoms with van der Waals surface area (Å²) in [6, 6.07) is 0.